The largest absolute Gasteiger partial charge is 0.396 e. The van der Waals surface area contributed by atoms with Crippen molar-refractivity contribution >= 4 is 0 Å². The number of hydrogen-bond donors (Lipinski definition) is 2. The first-order valence-electron chi connectivity index (χ1n) is 7.97. The highest BCUT2D eigenvalue weighted by molar-refractivity contribution is 4.59. The van der Waals surface area contributed by atoms with E-state index in [1.54, 1.807) is 0 Å². The lowest BCUT2D eigenvalue weighted by molar-refractivity contribution is 0.113. The molecule has 110 valence electrons. The Labute approximate surface area is 114 Å². The van der Waals surface area contributed by atoms with Crippen LogP contribution in [0.5, 0.6) is 0 Å². The Morgan fingerprint density at radius 2 is 1.06 bits per heavy atom. The van der Waals surface area contributed by atoms with Crippen molar-refractivity contribution in [2.75, 3.05) is 6.61 Å². The summed E-state index contributed by atoms with van der Waals surface area (Å²) < 4.78 is 0. The Morgan fingerprint density at radius 3 is 1.44 bits per heavy atom. The van der Waals surface area contributed by atoms with Gasteiger partial charge in [-0.25, -0.2) is 0 Å². The van der Waals surface area contributed by atoms with Gasteiger partial charge < -0.3 is 10.2 Å². The van der Waals surface area contributed by atoms with Crippen LogP contribution in [-0.2, 0) is 0 Å². The van der Waals surface area contributed by atoms with E-state index in [9.17, 15) is 5.11 Å². The van der Waals surface area contributed by atoms with E-state index < -0.39 is 0 Å². The molecule has 2 heteroatoms. The minimum Gasteiger partial charge on any atom is -0.396 e. The number of hydrogen-bond acceptors (Lipinski definition) is 2. The fraction of sp³-hybridized carbons (Fsp3) is 1.00. The number of unbranched alkanes of at least 4 members (excludes halogenated alkanes) is 9. The summed E-state index contributed by atoms with van der Waals surface area (Å²) >= 11 is 0. The molecule has 2 N–H and O–H groups in total. The summed E-state index contributed by atoms with van der Waals surface area (Å²) in [5, 5.41) is 18.3. The van der Waals surface area contributed by atoms with E-state index in [4.69, 9.17) is 5.11 Å². The van der Waals surface area contributed by atoms with Gasteiger partial charge in [0.2, 0.25) is 0 Å². The van der Waals surface area contributed by atoms with Crippen LogP contribution in [0.25, 0.3) is 0 Å². The molecule has 18 heavy (non-hydrogen) atoms. The molecule has 0 aromatic rings. The molecular weight excluding hydrogens is 224 g/mol. The first-order chi connectivity index (χ1) is 8.68. The Bertz CT molecular complexity index is 157. The van der Waals surface area contributed by atoms with E-state index >= 15 is 0 Å². The molecule has 1 unspecified atom stereocenters. The summed E-state index contributed by atoms with van der Waals surface area (Å²) in [6, 6.07) is 0. The van der Waals surface area contributed by atoms with Gasteiger partial charge in [0.05, 0.1) is 6.10 Å². The quantitative estimate of drug-likeness (QED) is 0.484. The van der Waals surface area contributed by atoms with E-state index in [-0.39, 0.29) is 6.10 Å². The van der Waals surface area contributed by atoms with Crippen molar-refractivity contribution in [3.05, 3.63) is 0 Å². The summed E-state index contributed by atoms with van der Waals surface area (Å²) in [4.78, 5) is 0. The van der Waals surface area contributed by atoms with Crippen LogP contribution in [0.2, 0.25) is 0 Å². The molecule has 0 aliphatic rings. The smallest absolute Gasteiger partial charge is 0.0563 e. The van der Waals surface area contributed by atoms with Crippen molar-refractivity contribution < 1.29 is 10.2 Å². The summed E-state index contributed by atoms with van der Waals surface area (Å²) in [7, 11) is 0. The molecule has 0 aliphatic carbocycles. The van der Waals surface area contributed by atoms with Gasteiger partial charge in [-0.2, -0.15) is 0 Å². The van der Waals surface area contributed by atoms with Gasteiger partial charge in [0, 0.05) is 6.61 Å². The lowest BCUT2D eigenvalue weighted by atomic mass is 10.00. The topological polar surface area (TPSA) is 40.5 Å². The molecule has 1 atom stereocenters. The van der Waals surface area contributed by atoms with Crippen LogP contribution in [0.4, 0.5) is 0 Å². The third-order valence-electron chi connectivity index (χ3n) is 3.68. The van der Waals surface area contributed by atoms with Crippen LogP contribution in [0, 0.1) is 5.92 Å². The van der Waals surface area contributed by atoms with Gasteiger partial charge in [-0.3, -0.25) is 0 Å². The molecule has 0 fully saturated rings. The van der Waals surface area contributed by atoms with Gasteiger partial charge in [-0.1, -0.05) is 71.6 Å². The van der Waals surface area contributed by atoms with Gasteiger partial charge >= 0.3 is 0 Å². The van der Waals surface area contributed by atoms with E-state index in [0.29, 0.717) is 12.5 Å². The number of aliphatic hydroxyl groups is 2. The molecule has 0 aliphatic heterocycles. The van der Waals surface area contributed by atoms with E-state index in [2.05, 4.69) is 13.8 Å². The number of aliphatic hydroxyl groups excluding tert-OH is 2. The highest BCUT2D eigenvalue weighted by Crippen LogP contribution is 2.14. The zero-order valence-electron chi connectivity index (χ0n) is 12.5. The van der Waals surface area contributed by atoms with Crippen molar-refractivity contribution in [2.24, 2.45) is 5.92 Å². The third-order valence-corrected chi connectivity index (χ3v) is 3.68. The summed E-state index contributed by atoms with van der Waals surface area (Å²) in [6.07, 6.45) is 13.4. The molecule has 0 heterocycles. The average Bonchev–Trinajstić information content (AvgIpc) is 2.35. The molecule has 0 aromatic heterocycles. The average molecular weight is 258 g/mol. The monoisotopic (exact) mass is 258 g/mol. The second kappa shape index (κ2) is 13.4. The van der Waals surface area contributed by atoms with E-state index in [1.165, 1.54) is 57.8 Å². The first kappa shape index (κ1) is 17.9. The first-order valence-corrected chi connectivity index (χ1v) is 7.97. The molecule has 0 radical (unpaired) electrons. The second-order valence-corrected chi connectivity index (χ2v) is 5.86. The predicted molar refractivity (Wildman–Crippen MR) is 78.7 cm³/mol. The summed E-state index contributed by atoms with van der Waals surface area (Å²) in [6.45, 7) is 4.52. The Kier molecular flexibility index (Phi) is 13.3. The van der Waals surface area contributed by atoms with E-state index in [0.717, 1.165) is 12.8 Å². The second-order valence-electron chi connectivity index (χ2n) is 5.86. The van der Waals surface area contributed by atoms with Gasteiger partial charge in [0.25, 0.3) is 0 Å². The summed E-state index contributed by atoms with van der Waals surface area (Å²) in [5.74, 6) is 0.406. The highest BCUT2D eigenvalue weighted by Gasteiger charge is 2.07. The molecule has 0 rings (SSSR count). The number of rotatable bonds is 13. The molecule has 0 saturated heterocycles. The molecule has 0 aromatic carbocycles. The fourth-order valence-electron chi connectivity index (χ4n) is 2.21. The Morgan fingerprint density at radius 1 is 0.667 bits per heavy atom. The molecule has 0 saturated carbocycles. The predicted octanol–water partition coefficient (Wildman–Crippen LogP) is 4.29. The van der Waals surface area contributed by atoms with Crippen molar-refractivity contribution in [3.63, 3.8) is 0 Å². The van der Waals surface area contributed by atoms with Crippen molar-refractivity contribution in [3.8, 4) is 0 Å². The molecular formula is C16H34O2. The van der Waals surface area contributed by atoms with Crippen LogP contribution in [0.3, 0.4) is 0 Å². The zero-order chi connectivity index (χ0) is 13.6. The van der Waals surface area contributed by atoms with Crippen LogP contribution in [0.15, 0.2) is 0 Å². The van der Waals surface area contributed by atoms with Crippen LogP contribution in [-0.4, -0.2) is 22.9 Å². The van der Waals surface area contributed by atoms with Gasteiger partial charge in [0.15, 0.2) is 0 Å². The standard InChI is InChI=1S/C16H34O2/c1-15(2)16(18)13-11-9-7-5-3-4-6-8-10-12-14-17/h15-18H,3-14H2,1-2H3. The maximum Gasteiger partial charge on any atom is 0.0563 e. The fourth-order valence-corrected chi connectivity index (χ4v) is 2.21. The zero-order valence-corrected chi connectivity index (χ0v) is 12.5. The molecule has 0 bridgehead atoms. The van der Waals surface area contributed by atoms with Crippen molar-refractivity contribution in [1.29, 1.82) is 0 Å². The highest BCUT2D eigenvalue weighted by atomic mass is 16.3. The maximum absolute atomic E-state index is 9.65. The van der Waals surface area contributed by atoms with Crippen molar-refractivity contribution in [2.45, 2.75) is 90.6 Å². The minimum atomic E-state index is -0.100. The van der Waals surface area contributed by atoms with Gasteiger partial charge in [-0.05, 0) is 18.8 Å². The Hall–Kier alpha value is -0.0800. The van der Waals surface area contributed by atoms with Crippen molar-refractivity contribution in [1.82, 2.24) is 0 Å². The molecule has 0 amide bonds. The normalized spacial score (nSPS) is 13.2. The van der Waals surface area contributed by atoms with Gasteiger partial charge in [0.1, 0.15) is 0 Å². The summed E-state index contributed by atoms with van der Waals surface area (Å²) in [5.41, 5.74) is 0. The SMILES string of the molecule is CC(C)C(O)CCCCCCCCCCCCO. The van der Waals surface area contributed by atoms with Crippen LogP contribution >= 0.6 is 0 Å². The van der Waals surface area contributed by atoms with Gasteiger partial charge in [-0.15, -0.1) is 0 Å². The maximum atomic E-state index is 9.65. The lowest BCUT2D eigenvalue weighted by Crippen LogP contribution is -2.13. The molecule has 0 spiro atoms. The molecule has 2 nitrogen and oxygen atoms in total. The Balaban J connectivity index is 3.03. The van der Waals surface area contributed by atoms with Crippen LogP contribution < -0.4 is 0 Å². The third kappa shape index (κ3) is 12.4. The van der Waals surface area contributed by atoms with E-state index in [1.807, 2.05) is 0 Å². The lowest BCUT2D eigenvalue weighted by Gasteiger charge is -2.13. The van der Waals surface area contributed by atoms with Crippen LogP contribution in [0.1, 0.15) is 84.5 Å². The minimum absolute atomic E-state index is 0.100.